The molecule has 2 amide bonds. The number of carbonyl (C=O) groups is 3. The molecule has 35 heavy (non-hydrogen) atoms. The topological polar surface area (TPSA) is 105 Å². The molecular weight excluding hydrogens is 444 g/mol. The molecule has 2 aromatic rings. The standard InChI is InChI=1S/C28H32N2O5/c1-3-28(4-2,26(33)29-19-11-9-10-18(16-19)25(31)32)30-27(34)35-17-24-22-14-7-5-12-20(22)21-13-6-8-15-23(21)24/h5-9,11-15,18-19,24H,3-4,10,16-17H2,1-2H3,(H,29,33)(H,30,34)(H,31,32)/t18-,19-/m0/s1. The summed E-state index contributed by atoms with van der Waals surface area (Å²) < 4.78 is 5.67. The highest BCUT2D eigenvalue weighted by Gasteiger charge is 2.39. The minimum absolute atomic E-state index is 0.0695. The lowest BCUT2D eigenvalue weighted by Crippen LogP contribution is -2.60. The number of carbonyl (C=O) groups excluding carboxylic acids is 2. The summed E-state index contributed by atoms with van der Waals surface area (Å²) >= 11 is 0. The minimum Gasteiger partial charge on any atom is -0.481 e. The summed E-state index contributed by atoms with van der Waals surface area (Å²) in [6.45, 7) is 3.84. The summed E-state index contributed by atoms with van der Waals surface area (Å²) in [5.41, 5.74) is 3.38. The van der Waals surface area contributed by atoms with E-state index in [1.54, 1.807) is 6.08 Å². The number of rotatable bonds is 8. The number of fused-ring (bicyclic) bond motifs is 3. The zero-order chi connectivity index (χ0) is 25.0. The van der Waals surface area contributed by atoms with E-state index < -0.39 is 23.5 Å². The van der Waals surface area contributed by atoms with E-state index in [1.807, 2.05) is 44.2 Å². The van der Waals surface area contributed by atoms with Crippen LogP contribution in [0.4, 0.5) is 4.79 Å². The molecule has 0 aromatic heterocycles. The van der Waals surface area contributed by atoms with Crippen LogP contribution < -0.4 is 10.6 Å². The smallest absolute Gasteiger partial charge is 0.408 e. The Bertz CT molecular complexity index is 1090. The fourth-order valence-corrected chi connectivity index (χ4v) is 5.14. The molecule has 0 bridgehead atoms. The number of nitrogens with one attached hydrogen (secondary N) is 2. The Kier molecular flexibility index (Phi) is 7.24. The number of aliphatic carboxylic acids is 1. The van der Waals surface area contributed by atoms with Crippen molar-refractivity contribution in [1.29, 1.82) is 0 Å². The number of hydrogen-bond acceptors (Lipinski definition) is 4. The number of amides is 2. The van der Waals surface area contributed by atoms with Crippen LogP contribution in [0.2, 0.25) is 0 Å². The van der Waals surface area contributed by atoms with Crippen LogP contribution in [0.3, 0.4) is 0 Å². The quantitative estimate of drug-likeness (QED) is 0.482. The SMILES string of the molecule is CCC(CC)(NC(=O)OCC1c2ccccc2-c2ccccc21)C(=O)N[C@H]1C=CC[C@H](C(=O)O)C1. The van der Waals surface area contributed by atoms with Gasteiger partial charge in [-0.05, 0) is 47.9 Å². The Labute approximate surface area is 205 Å². The predicted octanol–water partition coefficient (Wildman–Crippen LogP) is 4.62. The number of hydrogen-bond donors (Lipinski definition) is 3. The second-order valence-corrected chi connectivity index (χ2v) is 9.25. The van der Waals surface area contributed by atoms with Crippen LogP contribution in [-0.2, 0) is 14.3 Å². The Morgan fingerprint density at radius 3 is 2.17 bits per heavy atom. The van der Waals surface area contributed by atoms with E-state index in [2.05, 4.69) is 34.9 Å². The van der Waals surface area contributed by atoms with Gasteiger partial charge in [0.1, 0.15) is 12.1 Å². The molecule has 184 valence electrons. The first kappa shape index (κ1) is 24.5. The molecule has 4 rings (SSSR count). The lowest BCUT2D eigenvalue weighted by atomic mass is 9.88. The Morgan fingerprint density at radius 1 is 1.00 bits per heavy atom. The van der Waals surface area contributed by atoms with E-state index in [9.17, 15) is 19.5 Å². The maximum absolute atomic E-state index is 13.2. The van der Waals surface area contributed by atoms with Gasteiger partial charge in [0.2, 0.25) is 5.91 Å². The molecule has 2 aliphatic rings. The van der Waals surface area contributed by atoms with Gasteiger partial charge in [-0.1, -0.05) is 74.5 Å². The number of ether oxygens (including phenoxy) is 1. The molecular formula is C28H32N2O5. The normalized spacial score (nSPS) is 18.9. The number of alkyl carbamates (subject to hydrolysis) is 1. The van der Waals surface area contributed by atoms with Gasteiger partial charge in [-0.25, -0.2) is 4.79 Å². The number of benzene rings is 2. The van der Waals surface area contributed by atoms with Crippen LogP contribution in [0.25, 0.3) is 11.1 Å². The van der Waals surface area contributed by atoms with Crippen molar-refractivity contribution in [2.24, 2.45) is 5.92 Å². The predicted molar refractivity (Wildman–Crippen MR) is 133 cm³/mol. The lowest BCUT2D eigenvalue weighted by molar-refractivity contribution is -0.142. The Morgan fingerprint density at radius 2 is 1.60 bits per heavy atom. The van der Waals surface area contributed by atoms with Crippen LogP contribution in [0, 0.1) is 5.92 Å². The molecule has 3 N–H and O–H groups in total. The fraction of sp³-hybridized carbons (Fsp3) is 0.393. The maximum Gasteiger partial charge on any atom is 0.408 e. The van der Waals surface area contributed by atoms with Crippen molar-refractivity contribution in [3.63, 3.8) is 0 Å². The van der Waals surface area contributed by atoms with Gasteiger partial charge >= 0.3 is 12.1 Å². The molecule has 0 saturated heterocycles. The van der Waals surface area contributed by atoms with Gasteiger partial charge in [0.25, 0.3) is 0 Å². The summed E-state index contributed by atoms with van der Waals surface area (Å²) in [4.78, 5) is 37.5. The van der Waals surface area contributed by atoms with E-state index in [0.717, 1.165) is 22.3 Å². The molecule has 0 fully saturated rings. The number of carboxylic acids is 1. The van der Waals surface area contributed by atoms with E-state index >= 15 is 0 Å². The molecule has 0 saturated carbocycles. The highest BCUT2D eigenvalue weighted by atomic mass is 16.5. The van der Waals surface area contributed by atoms with Gasteiger partial charge in [-0.15, -0.1) is 0 Å². The molecule has 0 spiro atoms. The molecule has 7 heteroatoms. The summed E-state index contributed by atoms with van der Waals surface area (Å²) in [5, 5.41) is 15.0. The van der Waals surface area contributed by atoms with Gasteiger partial charge in [0.15, 0.2) is 0 Å². The Hall–Kier alpha value is -3.61. The lowest BCUT2D eigenvalue weighted by Gasteiger charge is -2.33. The van der Waals surface area contributed by atoms with E-state index in [1.165, 1.54) is 0 Å². The molecule has 0 radical (unpaired) electrons. The summed E-state index contributed by atoms with van der Waals surface area (Å²) in [6, 6.07) is 15.8. The van der Waals surface area contributed by atoms with Crippen LogP contribution in [-0.4, -0.2) is 41.3 Å². The van der Waals surface area contributed by atoms with Crippen molar-refractivity contribution >= 4 is 18.0 Å². The van der Waals surface area contributed by atoms with Gasteiger partial charge in [-0.3, -0.25) is 9.59 Å². The van der Waals surface area contributed by atoms with Gasteiger partial charge in [0.05, 0.1) is 5.92 Å². The van der Waals surface area contributed by atoms with Crippen molar-refractivity contribution in [1.82, 2.24) is 10.6 Å². The van der Waals surface area contributed by atoms with Crippen molar-refractivity contribution in [2.75, 3.05) is 6.61 Å². The summed E-state index contributed by atoms with van der Waals surface area (Å²) in [5.74, 6) is -1.81. The second kappa shape index (κ2) is 10.3. The maximum atomic E-state index is 13.2. The monoisotopic (exact) mass is 476 g/mol. The largest absolute Gasteiger partial charge is 0.481 e. The van der Waals surface area contributed by atoms with Crippen molar-refractivity contribution < 1.29 is 24.2 Å². The van der Waals surface area contributed by atoms with Crippen molar-refractivity contribution in [2.45, 2.75) is 57.0 Å². The highest BCUT2D eigenvalue weighted by Crippen LogP contribution is 2.44. The summed E-state index contributed by atoms with van der Waals surface area (Å²) in [6.07, 6.45) is 4.48. The zero-order valence-electron chi connectivity index (χ0n) is 20.1. The fourth-order valence-electron chi connectivity index (χ4n) is 5.14. The first-order valence-corrected chi connectivity index (χ1v) is 12.2. The molecule has 7 nitrogen and oxygen atoms in total. The van der Waals surface area contributed by atoms with Gasteiger partial charge < -0.3 is 20.5 Å². The molecule has 2 aliphatic carbocycles. The van der Waals surface area contributed by atoms with Crippen molar-refractivity contribution in [3.05, 3.63) is 71.8 Å². The summed E-state index contributed by atoms with van der Waals surface area (Å²) in [7, 11) is 0. The van der Waals surface area contributed by atoms with E-state index in [-0.39, 0.29) is 24.5 Å². The third kappa shape index (κ3) is 4.94. The molecule has 2 aromatic carbocycles. The van der Waals surface area contributed by atoms with E-state index in [0.29, 0.717) is 25.7 Å². The molecule has 0 aliphatic heterocycles. The molecule has 2 atom stereocenters. The third-order valence-electron chi connectivity index (χ3n) is 7.32. The molecule has 0 unspecified atom stereocenters. The van der Waals surface area contributed by atoms with Crippen LogP contribution in [0.1, 0.15) is 56.6 Å². The number of allylic oxidation sites excluding steroid dienone is 1. The average Bonchev–Trinajstić information content (AvgIpc) is 3.20. The van der Waals surface area contributed by atoms with Crippen LogP contribution >= 0.6 is 0 Å². The van der Waals surface area contributed by atoms with Gasteiger partial charge in [0, 0.05) is 12.0 Å². The Balaban J connectivity index is 1.42. The van der Waals surface area contributed by atoms with E-state index in [4.69, 9.17) is 4.74 Å². The molecule has 0 heterocycles. The zero-order valence-corrected chi connectivity index (χ0v) is 20.1. The van der Waals surface area contributed by atoms with Crippen LogP contribution in [0.15, 0.2) is 60.7 Å². The highest BCUT2D eigenvalue weighted by molar-refractivity contribution is 5.90. The third-order valence-corrected chi connectivity index (χ3v) is 7.32. The second-order valence-electron chi connectivity index (χ2n) is 9.25. The minimum atomic E-state index is -1.15. The average molecular weight is 477 g/mol. The van der Waals surface area contributed by atoms with Crippen molar-refractivity contribution in [3.8, 4) is 11.1 Å². The first-order chi connectivity index (χ1) is 16.9. The van der Waals surface area contributed by atoms with Crippen LogP contribution in [0.5, 0.6) is 0 Å². The van der Waals surface area contributed by atoms with Gasteiger partial charge in [-0.2, -0.15) is 0 Å². The first-order valence-electron chi connectivity index (χ1n) is 12.2. The number of carboxylic acid groups (broad SMARTS) is 1.